The lowest BCUT2D eigenvalue weighted by Gasteiger charge is -2.11. The number of hydrogen-bond donors (Lipinski definition) is 0. The molecule has 0 aromatic carbocycles. The average molecular weight is 227 g/mol. The molecule has 0 unspecified atom stereocenters. The third-order valence-electron chi connectivity index (χ3n) is 1.94. The van der Waals surface area contributed by atoms with Crippen molar-refractivity contribution in [1.29, 1.82) is 0 Å². The summed E-state index contributed by atoms with van der Waals surface area (Å²) in [5.74, 6) is 0.140. The Hall–Kier alpha value is -0.900. The lowest BCUT2D eigenvalue weighted by molar-refractivity contribution is 0.101. The van der Waals surface area contributed by atoms with Gasteiger partial charge in [-0.15, -0.1) is 0 Å². The zero-order valence-electron chi connectivity index (χ0n) is 6.54. The van der Waals surface area contributed by atoms with E-state index in [4.69, 9.17) is 0 Å². The minimum absolute atomic E-state index is 0.140. The highest BCUT2D eigenvalue weighted by atomic mass is 79.9. The molecule has 1 aliphatic heterocycles. The molecule has 3 nitrogen and oxygen atoms in total. The van der Waals surface area contributed by atoms with Crippen LogP contribution in [0.5, 0.6) is 0 Å². The molecule has 0 N–H and O–H groups in total. The summed E-state index contributed by atoms with van der Waals surface area (Å²) in [6.07, 6.45) is 3.32. The van der Waals surface area contributed by atoms with E-state index < -0.39 is 0 Å². The lowest BCUT2D eigenvalue weighted by atomic mass is 10.2. The van der Waals surface area contributed by atoms with Crippen molar-refractivity contribution in [2.75, 3.05) is 18.5 Å². The van der Waals surface area contributed by atoms with E-state index in [0.29, 0.717) is 12.1 Å². The molecule has 2 rings (SSSR count). The summed E-state index contributed by atoms with van der Waals surface area (Å²) in [6, 6.07) is 0. The number of pyridine rings is 1. The van der Waals surface area contributed by atoms with Gasteiger partial charge in [0.2, 0.25) is 0 Å². The maximum Gasteiger partial charge on any atom is 0.185 e. The lowest BCUT2D eigenvalue weighted by Crippen LogP contribution is -2.15. The van der Waals surface area contributed by atoms with Crippen molar-refractivity contribution in [3.8, 4) is 0 Å². The van der Waals surface area contributed by atoms with Crippen molar-refractivity contribution in [2.45, 2.75) is 0 Å². The van der Waals surface area contributed by atoms with Crippen LogP contribution in [0.2, 0.25) is 0 Å². The number of carbonyl (C=O) groups is 1. The molecule has 0 spiro atoms. The third kappa shape index (κ3) is 0.948. The van der Waals surface area contributed by atoms with E-state index in [2.05, 4.69) is 20.9 Å². The largest absolute Gasteiger partial charge is 0.365 e. The molecular weight excluding hydrogens is 220 g/mol. The molecule has 12 heavy (non-hydrogen) atoms. The second-order valence-corrected chi connectivity index (χ2v) is 3.65. The van der Waals surface area contributed by atoms with Crippen LogP contribution >= 0.6 is 15.9 Å². The number of aromatic nitrogens is 1. The number of nitrogens with zero attached hydrogens (tertiary/aromatic N) is 2. The molecule has 0 amide bonds. The number of rotatable bonds is 0. The Kier molecular flexibility index (Phi) is 1.65. The number of anilines is 1. The van der Waals surface area contributed by atoms with Gasteiger partial charge in [0, 0.05) is 19.4 Å². The molecular formula is C8H7BrN2O. The minimum Gasteiger partial charge on any atom is -0.365 e. The number of likely N-dealkylation sites (N-methyl/N-ethyl adjacent to an activating group) is 1. The number of hydrogen-bond acceptors (Lipinski definition) is 3. The highest BCUT2D eigenvalue weighted by Crippen LogP contribution is 2.32. The Balaban J connectivity index is 2.67. The fraction of sp³-hybridized carbons (Fsp3) is 0.250. The van der Waals surface area contributed by atoms with E-state index in [1.807, 2.05) is 11.9 Å². The van der Waals surface area contributed by atoms with Crippen LogP contribution in [0.15, 0.2) is 16.9 Å². The standard InChI is InChI=1S/C8H7BrN2O/c1-11-4-7(12)5-2-10-3-6(9)8(5)11/h2-3H,4H2,1H3. The molecule has 4 heteroatoms. The van der Waals surface area contributed by atoms with Crippen molar-refractivity contribution in [2.24, 2.45) is 0 Å². The molecule has 0 radical (unpaired) electrons. The third-order valence-corrected chi connectivity index (χ3v) is 2.52. The van der Waals surface area contributed by atoms with Crippen LogP contribution in [0.4, 0.5) is 5.69 Å². The Morgan fingerprint density at radius 3 is 3.00 bits per heavy atom. The molecule has 0 fully saturated rings. The highest BCUT2D eigenvalue weighted by molar-refractivity contribution is 9.10. The van der Waals surface area contributed by atoms with Crippen molar-refractivity contribution >= 4 is 27.4 Å². The summed E-state index contributed by atoms with van der Waals surface area (Å²) in [6.45, 7) is 0.458. The van der Waals surface area contributed by atoms with Gasteiger partial charge < -0.3 is 4.90 Å². The summed E-state index contributed by atoms with van der Waals surface area (Å²) in [7, 11) is 1.90. The molecule has 0 saturated heterocycles. The predicted octanol–water partition coefficient (Wildman–Crippen LogP) is 1.48. The van der Waals surface area contributed by atoms with Gasteiger partial charge in [-0.25, -0.2) is 0 Å². The summed E-state index contributed by atoms with van der Waals surface area (Å²) in [5, 5.41) is 0. The molecule has 0 bridgehead atoms. The summed E-state index contributed by atoms with van der Waals surface area (Å²) < 4.78 is 0.883. The van der Waals surface area contributed by atoms with Gasteiger partial charge in [0.05, 0.1) is 22.3 Å². The molecule has 2 heterocycles. The van der Waals surface area contributed by atoms with Gasteiger partial charge in [-0.05, 0) is 15.9 Å². The van der Waals surface area contributed by atoms with E-state index in [0.717, 1.165) is 10.2 Å². The van der Waals surface area contributed by atoms with Gasteiger partial charge in [-0.3, -0.25) is 9.78 Å². The van der Waals surface area contributed by atoms with Gasteiger partial charge in [0.25, 0.3) is 0 Å². The number of carbonyl (C=O) groups excluding carboxylic acids is 1. The van der Waals surface area contributed by atoms with Crippen LogP contribution in [0, 0.1) is 0 Å². The van der Waals surface area contributed by atoms with Crippen molar-refractivity contribution < 1.29 is 4.79 Å². The van der Waals surface area contributed by atoms with Crippen LogP contribution in [0.3, 0.4) is 0 Å². The second-order valence-electron chi connectivity index (χ2n) is 2.80. The first-order valence-corrected chi connectivity index (χ1v) is 4.37. The van der Waals surface area contributed by atoms with Crippen molar-refractivity contribution in [3.05, 3.63) is 22.4 Å². The van der Waals surface area contributed by atoms with Gasteiger partial charge in [0.15, 0.2) is 5.78 Å². The SMILES string of the molecule is CN1CC(=O)c2cncc(Br)c21. The van der Waals surface area contributed by atoms with Crippen LogP contribution in [0.25, 0.3) is 0 Å². The zero-order valence-corrected chi connectivity index (χ0v) is 8.13. The summed E-state index contributed by atoms with van der Waals surface area (Å²) in [4.78, 5) is 17.2. The molecule has 0 aliphatic carbocycles. The monoisotopic (exact) mass is 226 g/mol. The first-order chi connectivity index (χ1) is 5.70. The van der Waals surface area contributed by atoms with Crippen molar-refractivity contribution in [1.82, 2.24) is 4.98 Å². The first kappa shape index (κ1) is 7.73. The maximum atomic E-state index is 11.3. The van der Waals surface area contributed by atoms with E-state index in [1.165, 1.54) is 0 Å². The predicted molar refractivity (Wildman–Crippen MR) is 49.5 cm³/mol. The van der Waals surface area contributed by atoms with Gasteiger partial charge in [0.1, 0.15) is 0 Å². The molecule has 0 atom stereocenters. The maximum absolute atomic E-state index is 11.3. The summed E-state index contributed by atoms with van der Waals surface area (Å²) >= 11 is 3.36. The fourth-order valence-corrected chi connectivity index (χ4v) is 2.03. The molecule has 62 valence electrons. The van der Waals surface area contributed by atoms with Crippen LogP contribution in [-0.2, 0) is 0 Å². The zero-order chi connectivity index (χ0) is 8.72. The molecule has 1 aromatic rings. The number of ketones is 1. The Morgan fingerprint density at radius 2 is 2.33 bits per heavy atom. The number of halogens is 1. The normalized spacial score (nSPS) is 15.2. The second kappa shape index (κ2) is 2.55. The van der Waals surface area contributed by atoms with E-state index in [-0.39, 0.29) is 5.78 Å². The minimum atomic E-state index is 0.140. The fourth-order valence-electron chi connectivity index (χ4n) is 1.40. The topological polar surface area (TPSA) is 33.2 Å². The summed E-state index contributed by atoms with van der Waals surface area (Å²) in [5.41, 5.74) is 1.67. The Morgan fingerprint density at radius 1 is 1.58 bits per heavy atom. The number of fused-ring (bicyclic) bond motifs is 1. The smallest absolute Gasteiger partial charge is 0.185 e. The van der Waals surface area contributed by atoms with Crippen LogP contribution in [0.1, 0.15) is 10.4 Å². The van der Waals surface area contributed by atoms with E-state index in [9.17, 15) is 4.79 Å². The number of Topliss-reactive ketones (excluding diaryl/α,β-unsaturated/α-hetero) is 1. The first-order valence-electron chi connectivity index (χ1n) is 3.58. The van der Waals surface area contributed by atoms with Gasteiger partial charge in [-0.1, -0.05) is 0 Å². The highest BCUT2D eigenvalue weighted by Gasteiger charge is 2.25. The molecule has 1 aliphatic rings. The Bertz CT molecular complexity index is 351. The molecule has 0 saturated carbocycles. The van der Waals surface area contributed by atoms with Crippen LogP contribution in [-0.4, -0.2) is 24.4 Å². The molecule has 1 aromatic heterocycles. The van der Waals surface area contributed by atoms with Crippen molar-refractivity contribution in [3.63, 3.8) is 0 Å². The average Bonchev–Trinajstić information content (AvgIpc) is 2.29. The van der Waals surface area contributed by atoms with E-state index >= 15 is 0 Å². The van der Waals surface area contributed by atoms with E-state index in [1.54, 1.807) is 12.4 Å². The quantitative estimate of drug-likeness (QED) is 0.672. The van der Waals surface area contributed by atoms with Gasteiger partial charge in [-0.2, -0.15) is 0 Å². The Labute approximate surface area is 78.5 Å². The van der Waals surface area contributed by atoms with Crippen LogP contribution < -0.4 is 4.90 Å². The van der Waals surface area contributed by atoms with Gasteiger partial charge >= 0.3 is 0 Å².